The van der Waals surface area contributed by atoms with Crippen LogP contribution in [-0.2, 0) is 13.1 Å². The van der Waals surface area contributed by atoms with Crippen molar-refractivity contribution in [3.8, 4) is 0 Å². The number of hydrogen-bond acceptors (Lipinski definition) is 5. The number of aromatic nitrogens is 1. The van der Waals surface area contributed by atoms with Crippen LogP contribution in [0.5, 0.6) is 0 Å². The molecule has 1 aliphatic heterocycles. The molecular formula is C20H28ClN5OS. The van der Waals surface area contributed by atoms with Crippen LogP contribution in [0.15, 0.2) is 30.5 Å². The van der Waals surface area contributed by atoms with Crippen LogP contribution in [-0.4, -0.2) is 60.1 Å². The normalized spacial score (nSPS) is 14.9. The molecule has 152 valence electrons. The van der Waals surface area contributed by atoms with E-state index in [4.69, 9.17) is 11.6 Å². The third-order valence-corrected chi connectivity index (χ3v) is 6.22. The van der Waals surface area contributed by atoms with Crippen LogP contribution in [0.4, 0.5) is 10.6 Å². The average Bonchev–Trinajstić information content (AvgIpc) is 3.13. The van der Waals surface area contributed by atoms with Gasteiger partial charge in [-0.25, -0.2) is 9.78 Å². The summed E-state index contributed by atoms with van der Waals surface area (Å²) in [7, 11) is 0. The number of halogens is 1. The van der Waals surface area contributed by atoms with Gasteiger partial charge in [0, 0.05) is 63.4 Å². The molecule has 1 N–H and O–H groups in total. The van der Waals surface area contributed by atoms with Crippen molar-refractivity contribution >= 4 is 34.8 Å². The van der Waals surface area contributed by atoms with Crippen LogP contribution < -0.4 is 10.2 Å². The van der Waals surface area contributed by atoms with Gasteiger partial charge in [0.25, 0.3) is 0 Å². The monoisotopic (exact) mass is 421 g/mol. The Labute approximate surface area is 176 Å². The second-order valence-corrected chi connectivity index (χ2v) is 8.62. The van der Waals surface area contributed by atoms with Crippen LogP contribution in [0.1, 0.15) is 24.3 Å². The minimum atomic E-state index is -0.00774. The first-order chi connectivity index (χ1) is 13.6. The maximum atomic E-state index is 12.5. The number of urea groups is 1. The number of piperazine rings is 1. The van der Waals surface area contributed by atoms with E-state index in [9.17, 15) is 4.79 Å². The van der Waals surface area contributed by atoms with E-state index in [-0.39, 0.29) is 6.03 Å². The summed E-state index contributed by atoms with van der Waals surface area (Å²) in [5.41, 5.74) is 1.01. The van der Waals surface area contributed by atoms with Crippen molar-refractivity contribution in [1.29, 1.82) is 0 Å². The molecule has 0 saturated carbocycles. The van der Waals surface area contributed by atoms with Crippen LogP contribution in [0.25, 0.3) is 0 Å². The Bertz CT molecular complexity index is 754. The van der Waals surface area contributed by atoms with Gasteiger partial charge in [0.1, 0.15) is 5.82 Å². The fourth-order valence-corrected chi connectivity index (χ4v) is 4.44. The van der Waals surface area contributed by atoms with Crippen LogP contribution in [0.2, 0.25) is 4.34 Å². The molecule has 1 aliphatic rings. The summed E-state index contributed by atoms with van der Waals surface area (Å²) >= 11 is 7.62. The molecule has 0 atom stereocenters. The predicted octanol–water partition coefficient (Wildman–Crippen LogP) is 3.67. The molecular weight excluding hydrogens is 394 g/mol. The molecule has 28 heavy (non-hydrogen) atoms. The Morgan fingerprint density at radius 1 is 1.18 bits per heavy atom. The third kappa shape index (κ3) is 5.59. The molecule has 0 bridgehead atoms. The molecule has 0 aliphatic carbocycles. The van der Waals surface area contributed by atoms with Crippen LogP contribution in [0.3, 0.4) is 0 Å². The van der Waals surface area contributed by atoms with Gasteiger partial charge in [0.05, 0.1) is 4.34 Å². The number of anilines is 1. The third-order valence-electron chi connectivity index (χ3n) is 5.01. The number of thiophene rings is 1. The number of rotatable bonds is 7. The van der Waals surface area contributed by atoms with E-state index < -0.39 is 0 Å². The van der Waals surface area contributed by atoms with Gasteiger partial charge >= 0.3 is 6.03 Å². The van der Waals surface area contributed by atoms with E-state index in [1.165, 1.54) is 4.88 Å². The zero-order valence-electron chi connectivity index (χ0n) is 16.5. The number of pyridine rings is 1. The number of carbonyl (C=O) groups excluding carboxylic acids is 1. The average molecular weight is 422 g/mol. The second-order valence-electron chi connectivity index (χ2n) is 6.82. The summed E-state index contributed by atoms with van der Waals surface area (Å²) < 4.78 is 0.827. The lowest BCUT2D eigenvalue weighted by atomic mass is 10.2. The van der Waals surface area contributed by atoms with Crippen molar-refractivity contribution in [3.63, 3.8) is 0 Å². The lowest BCUT2D eigenvalue weighted by molar-refractivity contribution is 0.135. The van der Waals surface area contributed by atoms with Crippen LogP contribution >= 0.6 is 22.9 Å². The summed E-state index contributed by atoms with van der Waals surface area (Å²) in [5, 5.41) is 3.01. The van der Waals surface area contributed by atoms with E-state index in [0.717, 1.165) is 61.5 Å². The Morgan fingerprint density at radius 2 is 1.93 bits per heavy atom. The highest BCUT2D eigenvalue weighted by atomic mass is 35.5. The molecule has 2 amide bonds. The predicted molar refractivity (Wildman–Crippen MR) is 116 cm³/mol. The molecule has 2 aromatic rings. The van der Waals surface area contributed by atoms with Gasteiger partial charge in [-0.1, -0.05) is 17.7 Å². The lowest BCUT2D eigenvalue weighted by Crippen LogP contribution is -2.51. The molecule has 6 nitrogen and oxygen atoms in total. The highest BCUT2D eigenvalue weighted by Gasteiger charge is 2.21. The largest absolute Gasteiger partial charge is 0.357 e. The molecule has 0 aromatic carbocycles. The first kappa shape index (κ1) is 20.9. The minimum Gasteiger partial charge on any atom is -0.357 e. The van der Waals surface area contributed by atoms with Gasteiger partial charge in [-0.15, -0.1) is 11.3 Å². The van der Waals surface area contributed by atoms with E-state index in [2.05, 4.69) is 40.0 Å². The van der Waals surface area contributed by atoms with Gasteiger partial charge in [-0.05, 0) is 37.6 Å². The molecule has 2 aromatic heterocycles. The first-order valence-corrected chi connectivity index (χ1v) is 11.0. The highest BCUT2D eigenvalue weighted by molar-refractivity contribution is 7.16. The molecule has 0 unspecified atom stereocenters. The molecule has 1 fully saturated rings. The van der Waals surface area contributed by atoms with Gasteiger partial charge in [0.15, 0.2) is 0 Å². The van der Waals surface area contributed by atoms with Crippen molar-refractivity contribution in [2.24, 2.45) is 0 Å². The number of nitrogens with one attached hydrogen (secondary N) is 1. The lowest BCUT2D eigenvalue weighted by Gasteiger charge is -2.34. The fraction of sp³-hybridized carbons (Fsp3) is 0.500. The Morgan fingerprint density at radius 3 is 2.50 bits per heavy atom. The minimum absolute atomic E-state index is 0.00774. The van der Waals surface area contributed by atoms with Crippen molar-refractivity contribution < 1.29 is 4.79 Å². The van der Waals surface area contributed by atoms with E-state index >= 15 is 0 Å². The zero-order valence-corrected chi connectivity index (χ0v) is 18.1. The molecule has 1 saturated heterocycles. The number of carbonyl (C=O) groups is 1. The Kier molecular flexibility index (Phi) is 7.53. The van der Waals surface area contributed by atoms with Crippen molar-refractivity contribution in [2.45, 2.75) is 26.9 Å². The van der Waals surface area contributed by atoms with Crippen LogP contribution in [0, 0.1) is 0 Å². The van der Waals surface area contributed by atoms with Gasteiger partial charge in [-0.3, -0.25) is 4.90 Å². The molecule has 0 radical (unpaired) electrons. The summed E-state index contributed by atoms with van der Waals surface area (Å²) in [4.78, 5) is 24.7. The van der Waals surface area contributed by atoms with E-state index in [1.54, 1.807) is 11.3 Å². The van der Waals surface area contributed by atoms with Crippen molar-refractivity contribution in [2.75, 3.05) is 44.2 Å². The number of nitrogens with zero attached hydrogens (tertiary/aromatic N) is 4. The summed E-state index contributed by atoms with van der Waals surface area (Å²) in [6.07, 6.45) is 1.85. The topological polar surface area (TPSA) is 51.7 Å². The molecule has 0 spiro atoms. The standard InChI is InChI=1S/C20H28ClN5OS/c1-3-25(4-2)19-8-5-16(13-22-19)14-23-20(27)26-11-9-24(10-12-26)15-17-6-7-18(21)28-17/h5-8,13H,3-4,9-12,14-15H2,1-2H3,(H,23,27). The fourth-order valence-electron chi connectivity index (χ4n) is 3.31. The first-order valence-electron chi connectivity index (χ1n) is 9.78. The number of hydrogen-bond donors (Lipinski definition) is 1. The summed E-state index contributed by atoms with van der Waals surface area (Å²) in [5.74, 6) is 0.975. The Balaban J connectivity index is 1.42. The van der Waals surface area contributed by atoms with Crippen molar-refractivity contribution in [1.82, 2.24) is 20.1 Å². The highest BCUT2D eigenvalue weighted by Crippen LogP contribution is 2.23. The molecule has 3 heterocycles. The van der Waals surface area contributed by atoms with Gasteiger partial charge in [0.2, 0.25) is 0 Å². The van der Waals surface area contributed by atoms with E-state index in [1.807, 2.05) is 29.3 Å². The summed E-state index contributed by atoms with van der Waals surface area (Å²) in [6, 6.07) is 8.06. The van der Waals surface area contributed by atoms with Gasteiger partial charge < -0.3 is 15.1 Å². The maximum absolute atomic E-state index is 12.5. The molecule has 3 rings (SSSR count). The summed E-state index contributed by atoms with van der Waals surface area (Å²) in [6.45, 7) is 10.7. The smallest absolute Gasteiger partial charge is 0.317 e. The zero-order chi connectivity index (χ0) is 19.9. The quantitative estimate of drug-likeness (QED) is 0.741. The SMILES string of the molecule is CCN(CC)c1ccc(CNC(=O)N2CCN(Cc3ccc(Cl)s3)CC2)cn1. The number of amides is 2. The molecule has 8 heteroatoms. The van der Waals surface area contributed by atoms with Gasteiger partial charge in [-0.2, -0.15) is 0 Å². The maximum Gasteiger partial charge on any atom is 0.317 e. The Hall–Kier alpha value is -1.83. The second kappa shape index (κ2) is 10.1. The van der Waals surface area contributed by atoms with E-state index in [0.29, 0.717) is 6.54 Å². The van der Waals surface area contributed by atoms with Crippen molar-refractivity contribution in [3.05, 3.63) is 45.2 Å².